The SMILES string of the molecule is CC(C)(C)OC1(CN)CSC1. The first-order chi connectivity index (χ1) is 4.97. The molecule has 0 bridgehead atoms. The largest absolute Gasteiger partial charge is 0.366 e. The van der Waals surface area contributed by atoms with E-state index in [2.05, 4.69) is 20.8 Å². The van der Waals surface area contributed by atoms with Crippen LogP contribution in [0, 0.1) is 0 Å². The van der Waals surface area contributed by atoms with Crippen molar-refractivity contribution >= 4 is 11.8 Å². The molecule has 11 heavy (non-hydrogen) atoms. The predicted octanol–water partition coefficient (Wildman–Crippen LogP) is 1.25. The molecule has 0 aliphatic carbocycles. The van der Waals surface area contributed by atoms with Crippen molar-refractivity contribution in [2.24, 2.45) is 5.73 Å². The number of rotatable bonds is 2. The molecule has 2 nitrogen and oxygen atoms in total. The minimum atomic E-state index is -0.0552. The van der Waals surface area contributed by atoms with Crippen LogP contribution in [0.3, 0.4) is 0 Å². The van der Waals surface area contributed by atoms with Gasteiger partial charge in [-0.2, -0.15) is 11.8 Å². The third-order valence-electron chi connectivity index (χ3n) is 1.62. The Balaban J connectivity index is 2.45. The molecule has 0 atom stereocenters. The van der Waals surface area contributed by atoms with Gasteiger partial charge < -0.3 is 10.5 Å². The van der Waals surface area contributed by atoms with Crippen LogP contribution in [0.15, 0.2) is 0 Å². The van der Waals surface area contributed by atoms with Crippen molar-refractivity contribution in [3.05, 3.63) is 0 Å². The second-order valence-corrected chi connectivity index (χ2v) is 5.08. The monoisotopic (exact) mass is 175 g/mol. The Bertz CT molecular complexity index is 132. The first kappa shape index (κ1) is 9.36. The number of thioether (sulfide) groups is 1. The summed E-state index contributed by atoms with van der Waals surface area (Å²) in [5.41, 5.74) is 5.57. The van der Waals surface area contributed by atoms with Crippen LogP contribution in [0.4, 0.5) is 0 Å². The smallest absolute Gasteiger partial charge is 0.0990 e. The van der Waals surface area contributed by atoms with E-state index in [1.54, 1.807) is 0 Å². The molecule has 0 aromatic carbocycles. The summed E-state index contributed by atoms with van der Waals surface area (Å²) < 4.78 is 5.86. The molecule has 1 aliphatic heterocycles. The molecule has 1 heterocycles. The molecule has 1 rings (SSSR count). The number of nitrogens with two attached hydrogens (primary N) is 1. The van der Waals surface area contributed by atoms with Gasteiger partial charge in [0.1, 0.15) is 0 Å². The van der Waals surface area contributed by atoms with Crippen molar-refractivity contribution in [3.63, 3.8) is 0 Å². The third-order valence-corrected chi connectivity index (χ3v) is 3.09. The fourth-order valence-corrected chi connectivity index (χ4v) is 2.21. The lowest BCUT2D eigenvalue weighted by Crippen LogP contribution is -2.55. The molecular weight excluding hydrogens is 158 g/mol. The molecule has 0 aromatic rings. The van der Waals surface area contributed by atoms with Crippen molar-refractivity contribution in [3.8, 4) is 0 Å². The third kappa shape index (κ3) is 2.36. The van der Waals surface area contributed by atoms with Crippen LogP contribution in [-0.4, -0.2) is 29.3 Å². The fourth-order valence-electron chi connectivity index (χ4n) is 1.20. The maximum atomic E-state index is 5.86. The summed E-state index contributed by atoms with van der Waals surface area (Å²) in [6, 6.07) is 0. The molecular formula is C8H17NOS. The topological polar surface area (TPSA) is 35.2 Å². The van der Waals surface area contributed by atoms with Crippen molar-refractivity contribution in [1.82, 2.24) is 0 Å². The summed E-state index contributed by atoms with van der Waals surface area (Å²) in [6.45, 7) is 6.88. The number of ether oxygens (including phenoxy) is 1. The molecule has 66 valence electrons. The highest BCUT2D eigenvalue weighted by molar-refractivity contribution is 8.00. The Morgan fingerprint density at radius 1 is 1.45 bits per heavy atom. The summed E-state index contributed by atoms with van der Waals surface area (Å²) in [4.78, 5) is 0. The first-order valence-corrected chi connectivity index (χ1v) is 5.11. The van der Waals surface area contributed by atoms with Gasteiger partial charge >= 0.3 is 0 Å². The van der Waals surface area contributed by atoms with E-state index in [0.717, 1.165) is 11.5 Å². The zero-order valence-electron chi connectivity index (χ0n) is 7.52. The van der Waals surface area contributed by atoms with E-state index >= 15 is 0 Å². The maximum Gasteiger partial charge on any atom is 0.0990 e. The Kier molecular flexibility index (Phi) is 2.52. The lowest BCUT2D eigenvalue weighted by Gasteiger charge is -2.44. The maximum absolute atomic E-state index is 5.86. The van der Waals surface area contributed by atoms with Gasteiger partial charge in [0.2, 0.25) is 0 Å². The van der Waals surface area contributed by atoms with E-state index in [0.29, 0.717) is 6.54 Å². The summed E-state index contributed by atoms with van der Waals surface area (Å²) in [5, 5.41) is 0. The Morgan fingerprint density at radius 3 is 2.09 bits per heavy atom. The van der Waals surface area contributed by atoms with E-state index in [4.69, 9.17) is 10.5 Å². The van der Waals surface area contributed by atoms with E-state index in [1.165, 1.54) is 0 Å². The van der Waals surface area contributed by atoms with Gasteiger partial charge in [-0.1, -0.05) is 0 Å². The summed E-state index contributed by atoms with van der Waals surface area (Å²) in [5.74, 6) is 2.11. The van der Waals surface area contributed by atoms with Crippen molar-refractivity contribution in [2.75, 3.05) is 18.1 Å². The molecule has 0 spiro atoms. The number of hydrogen-bond donors (Lipinski definition) is 1. The van der Waals surface area contributed by atoms with E-state index in [-0.39, 0.29) is 11.2 Å². The van der Waals surface area contributed by atoms with Crippen LogP contribution >= 0.6 is 11.8 Å². The summed E-state index contributed by atoms with van der Waals surface area (Å²) in [6.07, 6.45) is 0. The summed E-state index contributed by atoms with van der Waals surface area (Å²) in [7, 11) is 0. The minimum Gasteiger partial charge on any atom is -0.366 e. The van der Waals surface area contributed by atoms with Crippen molar-refractivity contribution in [1.29, 1.82) is 0 Å². The lowest BCUT2D eigenvalue weighted by atomic mass is 10.1. The number of hydrogen-bond acceptors (Lipinski definition) is 3. The van der Waals surface area contributed by atoms with Crippen molar-refractivity contribution in [2.45, 2.75) is 32.0 Å². The van der Waals surface area contributed by atoms with Crippen LogP contribution < -0.4 is 5.73 Å². The van der Waals surface area contributed by atoms with E-state index in [9.17, 15) is 0 Å². The molecule has 0 aromatic heterocycles. The van der Waals surface area contributed by atoms with Gasteiger partial charge in [-0.3, -0.25) is 0 Å². The van der Waals surface area contributed by atoms with E-state index < -0.39 is 0 Å². The fraction of sp³-hybridized carbons (Fsp3) is 1.00. The van der Waals surface area contributed by atoms with Crippen molar-refractivity contribution < 1.29 is 4.74 Å². The average molecular weight is 175 g/mol. The quantitative estimate of drug-likeness (QED) is 0.686. The van der Waals surface area contributed by atoms with Gasteiger partial charge in [-0.05, 0) is 20.8 Å². The zero-order chi connectivity index (χ0) is 8.54. The molecule has 0 amide bonds. The molecule has 1 aliphatic rings. The average Bonchev–Trinajstić information content (AvgIpc) is 1.77. The zero-order valence-corrected chi connectivity index (χ0v) is 8.33. The van der Waals surface area contributed by atoms with E-state index in [1.807, 2.05) is 11.8 Å². The van der Waals surface area contributed by atoms with Crippen LogP contribution in [0.2, 0.25) is 0 Å². The molecule has 2 N–H and O–H groups in total. The Morgan fingerprint density at radius 2 is 2.00 bits per heavy atom. The van der Waals surface area contributed by atoms with Gasteiger partial charge in [0, 0.05) is 18.1 Å². The molecule has 0 saturated carbocycles. The molecule has 1 saturated heterocycles. The molecule has 1 fully saturated rings. The van der Waals surface area contributed by atoms with Gasteiger partial charge in [-0.25, -0.2) is 0 Å². The van der Waals surface area contributed by atoms with Gasteiger partial charge in [-0.15, -0.1) is 0 Å². The second-order valence-electron chi connectivity index (χ2n) is 4.09. The molecule has 0 unspecified atom stereocenters. The summed E-state index contributed by atoms with van der Waals surface area (Å²) >= 11 is 1.90. The predicted molar refractivity (Wildman–Crippen MR) is 49.9 cm³/mol. The minimum absolute atomic E-state index is 0.0110. The Hall–Kier alpha value is 0.270. The molecule has 3 heteroatoms. The second kappa shape index (κ2) is 2.96. The Labute approximate surface area is 72.9 Å². The first-order valence-electron chi connectivity index (χ1n) is 3.95. The van der Waals surface area contributed by atoms with Gasteiger partial charge in [0.25, 0.3) is 0 Å². The normalized spacial score (nSPS) is 22.9. The van der Waals surface area contributed by atoms with Crippen LogP contribution in [-0.2, 0) is 4.74 Å². The highest BCUT2D eigenvalue weighted by atomic mass is 32.2. The van der Waals surface area contributed by atoms with Gasteiger partial charge in [0.15, 0.2) is 0 Å². The lowest BCUT2D eigenvalue weighted by molar-refractivity contribution is -0.107. The highest BCUT2D eigenvalue weighted by Crippen LogP contribution is 2.35. The van der Waals surface area contributed by atoms with Gasteiger partial charge in [0.05, 0.1) is 11.2 Å². The van der Waals surface area contributed by atoms with Crippen LogP contribution in [0.1, 0.15) is 20.8 Å². The molecule has 0 radical (unpaired) electrons. The van der Waals surface area contributed by atoms with Crippen LogP contribution in [0.5, 0.6) is 0 Å². The standard InChI is InChI=1S/C8H17NOS/c1-7(2,3)10-8(4-9)5-11-6-8/h4-6,9H2,1-3H3. The highest BCUT2D eigenvalue weighted by Gasteiger charge is 2.40. The van der Waals surface area contributed by atoms with Crippen LogP contribution in [0.25, 0.3) is 0 Å².